The van der Waals surface area contributed by atoms with E-state index in [1.54, 1.807) is 32.7 Å². The van der Waals surface area contributed by atoms with Crippen molar-refractivity contribution in [3.63, 3.8) is 0 Å². The van der Waals surface area contributed by atoms with Crippen molar-refractivity contribution in [1.29, 1.82) is 0 Å². The predicted molar refractivity (Wildman–Crippen MR) is 105 cm³/mol. The summed E-state index contributed by atoms with van der Waals surface area (Å²) in [6, 6.07) is 3.75. The predicted octanol–water partition coefficient (Wildman–Crippen LogP) is 4.25. The molecule has 0 spiro atoms. The Hall–Kier alpha value is -2.54. The Morgan fingerprint density at radius 2 is 1.58 bits per heavy atom. The number of rotatable bonds is 6. The average molecular weight is 373 g/mol. The number of ether oxygens (including phenoxy) is 3. The first-order chi connectivity index (χ1) is 12.5. The van der Waals surface area contributed by atoms with E-state index in [2.05, 4.69) is 29.1 Å². The van der Waals surface area contributed by atoms with Gasteiger partial charge < -0.3 is 19.5 Å². The molecule has 7 heteroatoms. The molecule has 2 aromatic heterocycles. The van der Waals surface area contributed by atoms with Crippen LogP contribution in [0.2, 0.25) is 0 Å². The van der Waals surface area contributed by atoms with Gasteiger partial charge in [-0.25, -0.2) is 9.97 Å². The van der Waals surface area contributed by atoms with Crippen LogP contribution in [0, 0.1) is 20.8 Å². The summed E-state index contributed by atoms with van der Waals surface area (Å²) in [6.45, 7) is 6.67. The molecule has 26 heavy (non-hydrogen) atoms. The summed E-state index contributed by atoms with van der Waals surface area (Å²) in [6.07, 6.45) is 0. The summed E-state index contributed by atoms with van der Waals surface area (Å²) in [5, 5.41) is 4.52. The summed E-state index contributed by atoms with van der Waals surface area (Å²) >= 11 is 1.70. The van der Waals surface area contributed by atoms with Gasteiger partial charge in [-0.3, -0.25) is 0 Å². The van der Waals surface area contributed by atoms with E-state index in [4.69, 9.17) is 14.2 Å². The second-order valence-corrected chi connectivity index (χ2v) is 7.16. The molecule has 0 unspecified atom stereocenters. The Kier molecular flexibility index (Phi) is 5.18. The summed E-state index contributed by atoms with van der Waals surface area (Å²) in [5.41, 5.74) is 2.17. The molecular weight excluding hydrogens is 350 g/mol. The molecule has 3 aromatic rings. The van der Waals surface area contributed by atoms with Crippen molar-refractivity contribution in [2.45, 2.75) is 27.3 Å². The molecule has 0 saturated heterocycles. The van der Waals surface area contributed by atoms with Gasteiger partial charge in [-0.1, -0.05) is 0 Å². The first-order valence-electron chi connectivity index (χ1n) is 8.25. The fourth-order valence-electron chi connectivity index (χ4n) is 2.89. The molecule has 0 aliphatic carbocycles. The molecule has 0 atom stereocenters. The third-order valence-corrected chi connectivity index (χ3v) is 5.47. The molecule has 6 nitrogen and oxygen atoms in total. The lowest BCUT2D eigenvalue weighted by Crippen LogP contribution is -2.06. The zero-order chi connectivity index (χ0) is 18.8. The van der Waals surface area contributed by atoms with Crippen molar-refractivity contribution < 1.29 is 14.2 Å². The zero-order valence-corrected chi connectivity index (χ0v) is 16.7. The normalized spacial score (nSPS) is 10.8. The molecule has 0 bridgehead atoms. The van der Waals surface area contributed by atoms with Gasteiger partial charge in [0.15, 0.2) is 11.5 Å². The van der Waals surface area contributed by atoms with Crippen LogP contribution in [-0.4, -0.2) is 31.3 Å². The number of benzene rings is 1. The third kappa shape index (κ3) is 3.26. The van der Waals surface area contributed by atoms with Crippen molar-refractivity contribution >= 4 is 27.4 Å². The highest BCUT2D eigenvalue weighted by molar-refractivity contribution is 7.18. The molecule has 2 heterocycles. The Labute approximate surface area is 157 Å². The Balaban J connectivity index is 1.98. The second-order valence-electron chi connectivity index (χ2n) is 5.96. The molecule has 3 rings (SSSR count). The number of aromatic nitrogens is 2. The van der Waals surface area contributed by atoms with Gasteiger partial charge in [0.1, 0.15) is 22.2 Å². The third-order valence-electron chi connectivity index (χ3n) is 4.37. The topological polar surface area (TPSA) is 65.5 Å². The first-order valence-corrected chi connectivity index (χ1v) is 9.07. The maximum atomic E-state index is 5.51. The quantitative estimate of drug-likeness (QED) is 0.697. The lowest BCUT2D eigenvalue weighted by molar-refractivity contribution is 0.347. The molecule has 0 saturated carbocycles. The van der Waals surface area contributed by atoms with E-state index in [1.165, 1.54) is 10.4 Å². The van der Waals surface area contributed by atoms with Crippen molar-refractivity contribution in [2.24, 2.45) is 0 Å². The monoisotopic (exact) mass is 373 g/mol. The van der Waals surface area contributed by atoms with Crippen LogP contribution in [0.3, 0.4) is 0 Å². The lowest BCUT2D eigenvalue weighted by atomic mass is 10.1. The highest BCUT2D eigenvalue weighted by Gasteiger charge is 2.15. The van der Waals surface area contributed by atoms with Crippen LogP contribution in [0.15, 0.2) is 12.1 Å². The molecule has 1 N–H and O–H groups in total. The number of thiophene rings is 1. The van der Waals surface area contributed by atoms with E-state index in [1.807, 2.05) is 19.1 Å². The second kappa shape index (κ2) is 7.37. The van der Waals surface area contributed by atoms with Crippen LogP contribution < -0.4 is 19.5 Å². The van der Waals surface area contributed by atoms with Gasteiger partial charge in [0, 0.05) is 23.1 Å². The van der Waals surface area contributed by atoms with E-state index in [-0.39, 0.29) is 0 Å². The van der Waals surface area contributed by atoms with Crippen LogP contribution in [0.25, 0.3) is 10.2 Å². The van der Waals surface area contributed by atoms with E-state index >= 15 is 0 Å². The number of methoxy groups -OCH3 is 3. The van der Waals surface area contributed by atoms with E-state index in [0.29, 0.717) is 18.0 Å². The molecule has 138 valence electrons. The van der Waals surface area contributed by atoms with Crippen LogP contribution in [0.4, 0.5) is 5.82 Å². The van der Waals surface area contributed by atoms with E-state index in [0.717, 1.165) is 33.2 Å². The van der Waals surface area contributed by atoms with Gasteiger partial charge >= 0.3 is 0 Å². The highest BCUT2D eigenvalue weighted by atomic mass is 32.1. The minimum absolute atomic E-state index is 0.545. The fourth-order valence-corrected chi connectivity index (χ4v) is 3.97. The van der Waals surface area contributed by atoms with Gasteiger partial charge in [0.2, 0.25) is 0 Å². The summed E-state index contributed by atoms with van der Waals surface area (Å²) < 4.78 is 16.3. The minimum Gasteiger partial charge on any atom is -0.496 e. The first kappa shape index (κ1) is 18.3. The number of fused-ring (bicyclic) bond motifs is 1. The van der Waals surface area contributed by atoms with Crippen molar-refractivity contribution in [3.05, 3.63) is 34.0 Å². The lowest BCUT2D eigenvalue weighted by Gasteiger charge is -2.15. The number of nitrogens with one attached hydrogen (secondary N) is 1. The molecule has 0 aliphatic heterocycles. The minimum atomic E-state index is 0.545. The van der Waals surface area contributed by atoms with Crippen LogP contribution in [0.1, 0.15) is 21.8 Å². The maximum Gasteiger partial charge on any atom is 0.164 e. The standard InChI is InChI=1S/C19H23N3O3S/c1-10-11(2)26-19-17(10)18(21-12(3)22-19)20-9-13-7-15(24-5)16(25-6)8-14(13)23-4/h7-8H,9H2,1-6H3,(H,20,21,22). The largest absolute Gasteiger partial charge is 0.496 e. The van der Waals surface area contributed by atoms with Gasteiger partial charge in [0.05, 0.1) is 26.7 Å². The number of nitrogens with zero attached hydrogens (tertiary/aromatic N) is 2. The molecular formula is C19H23N3O3S. The molecule has 0 aliphatic rings. The van der Waals surface area contributed by atoms with E-state index in [9.17, 15) is 0 Å². The van der Waals surface area contributed by atoms with Crippen LogP contribution in [0.5, 0.6) is 17.2 Å². The fraction of sp³-hybridized carbons (Fsp3) is 0.368. The molecule has 0 amide bonds. The van der Waals surface area contributed by atoms with E-state index < -0.39 is 0 Å². The molecule has 0 fully saturated rings. The maximum absolute atomic E-state index is 5.51. The van der Waals surface area contributed by atoms with Gasteiger partial charge in [-0.2, -0.15) is 0 Å². The number of aryl methyl sites for hydroxylation is 3. The highest BCUT2D eigenvalue weighted by Crippen LogP contribution is 2.36. The average Bonchev–Trinajstić information content (AvgIpc) is 2.92. The Bertz CT molecular complexity index is 953. The van der Waals surface area contributed by atoms with Crippen LogP contribution in [-0.2, 0) is 6.54 Å². The summed E-state index contributed by atoms with van der Waals surface area (Å²) in [7, 11) is 4.87. The SMILES string of the molecule is COc1cc(OC)c(OC)cc1CNc1nc(C)nc2sc(C)c(C)c12. The van der Waals surface area contributed by atoms with Crippen molar-refractivity contribution in [1.82, 2.24) is 9.97 Å². The van der Waals surface area contributed by atoms with Gasteiger partial charge in [-0.05, 0) is 32.4 Å². The number of hydrogen-bond donors (Lipinski definition) is 1. The molecule has 0 radical (unpaired) electrons. The Morgan fingerprint density at radius 1 is 0.923 bits per heavy atom. The van der Waals surface area contributed by atoms with Crippen molar-refractivity contribution in [2.75, 3.05) is 26.6 Å². The van der Waals surface area contributed by atoms with Crippen LogP contribution >= 0.6 is 11.3 Å². The van der Waals surface area contributed by atoms with Crippen molar-refractivity contribution in [3.8, 4) is 17.2 Å². The number of hydrogen-bond acceptors (Lipinski definition) is 7. The summed E-state index contributed by atoms with van der Waals surface area (Å²) in [4.78, 5) is 11.4. The summed E-state index contributed by atoms with van der Waals surface area (Å²) in [5.74, 6) is 3.62. The number of anilines is 1. The zero-order valence-electron chi connectivity index (χ0n) is 15.9. The van der Waals surface area contributed by atoms with Gasteiger partial charge in [-0.15, -0.1) is 11.3 Å². The smallest absolute Gasteiger partial charge is 0.164 e. The molecule has 1 aromatic carbocycles. The van der Waals surface area contributed by atoms with Gasteiger partial charge in [0.25, 0.3) is 0 Å². The Morgan fingerprint density at radius 3 is 2.23 bits per heavy atom.